The molecule has 1 aliphatic heterocycles. The molecule has 3 rings (SSSR count). The molecule has 0 aromatic heterocycles. The minimum absolute atomic E-state index is 0.204. The lowest BCUT2D eigenvalue weighted by Crippen LogP contribution is -2.61. The van der Waals surface area contributed by atoms with E-state index in [9.17, 15) is 9.65 Å². The number of rotatable bonds is 2. The first-order valence-corrected chi connectivity index (χ1v) is 7.88. The van der Waals surface area contributed by atoms with Gasteiger partial charge in [0.25, 0.3) is 0 Å². The van der Waals surface area contributed by atoms with E-state index >= 15 is 0 Å². The second kappa shape index (κ2) is 6.13. The van der Waals surface area contributed by atoms with Crippen LogP contribution in [0.4, 0.5) is 4.39 Å². The van der Waals surface area contributed by atoms with Crippen LogP contribution in [0.2, 0.25) is 0 Å². The minimum atomic E-state index is -0.253. The lowest BCUT2D eigenvalue weighted by molar-refractivity contribution is 0.0208. The fraction of sp³-hybridized carbons (Fsp3) is 0.588. The van der Waals surface area contributed by atoms with Gasteiger partial charge in [-0.15, -0.1) is 0 Å². The second-order valence-corrected chi connectivity index (χ2v) is 6.30. The van der Waals surface area contributed by atoms with Gasteiger partial charge in [-0.1, -0.05) is 19.3 Å². The van der Waals surface area contributed by atoms with Crippen LogP contribution in [0.25, 0.3) is 0 Å². The standard InChI is InChI=1S/C17H22FN3/c18-16-5-4-14(11-19)15(10-16)12-21-9-8-20-13-17(21)6-2-1-3-7-17/h4-5,10,20H,1-3,6-9,12-13H2. The number of benzene rings is 1. The lowest BCUT2D eigenvalue weighted by atomic mass is 9.78. The molecule has 2 aliphatic rings. The summed E-state index contributed by atoms with van der Waals surface area (Å²) in [5.41, 5.74) is 1.63. The van der Waals surface area contributed by atoms with Crippen LogP contribution in [0.5, 0.6) is 0 Å². The molecule has 1 aromatic rings. The molecule has 1 saturated carbocycles. The monoisotopic (exact) mass is 287 g/mol. The van der Waals surface area contributed by atoms with Gasteiger partial charge in [0.05, 0.1) is 11.6 Å². The molecule has 3 nitrogen and oxygen atoms in total. The zero-order chi connectivity index (χ0) is 14.7. The first-order valence-electron chi connectivity index (χ1n) is 7.88. The Morgan fingerprint density at radius 2 is 2.10 bits per heavy atom. The zero-order valence-electron chi connectivity index (χ0n) is 12.4. The fourth-order valence-corrected chi connectivity index (χ4v) is 3.84. The summed E-state index contributed by atoms with van der Waals surface area (Å²) in [6.07, 6.45) is 6.27. The average molecular weight is 287 g/mol. The van der Waals surface area contributed by atoms with E-state index in [1.807, 2.05) is 0 Å². The summed E-state index contributed by atoms with van der Waals surface area (Å²) in [6, 6.07) is 6.69. The number of piperazine rings is 1. The van der Waals surface area contributed by atoms with E-state index in [2.05, 4.69) is 16.3 Å². The Labute approximate surface area is 125 Å². The highest BCUT2D eigenvalue weighted by molar-refractivity contribution is 5.38. The largest absolute Gasteiger partial charge is 0.314 e. The van der Waals surface area contributed by atoms with Crippen LogP contribution < -0.4 is 5.32 Å². The van der Waals surface area contributed by atoms with Crippen LogP contribution in [0.15, 0.2) is 18.2 Å². The third kappa shape index (κ3) is 2.95. The Kier molecular flexibility index (Phi) is 4.23. The minimum Gasteiger partial charge on any atom is -0.314 e. The molecule has 0 bridgehead atoms. The van der Waals surface area contributed by atoms with Crippen molar-refractivity contribution in [3.05, 3.63) is 35.1 Å². The normalized spacial score (nSPS) is 22.1. The molecule has 4 heteroatoms. The van der Waals surface area contributed by atoms with E-state index in [0.717, 1.165) is 25.2 Å². The van der Waals surface area contributed by atoms with E-state index in [-0.39, 0.29) is 11.4 Å². The number of hydrogen-bond donors (Lipinski definition) is 1. The van der Waals surface area contributed by atoms with Crippen LogP contribution in [-0.2, 0) is 6.54 Å². The summed E-state index contributed by atoms with van der Waals surface area (Å²) in [7, 11) is 0. The number of hydrogen-bond acceptors (Lipinski definition) is 3. The quantitative estimate of drug-likeness (QED) is 0.909. The molecular formula is C17H22FN3. The molecule has 0 amide bonds. The molecule has 1 aliphatic carbocycles. The Balaban J connectivity index is 1.85. The van der Waals surface area contributed by atoms with E-state index in [1.54, 1.807) is 6.07 Å². The zero-order valence-corrected chi connectivity index (χ0v) is 12.4. The van der Waals surface area contributed by atoms with E-state index < -0.39 is 0 Å². The second-order valence-electron chi connectivity index (χ2n) is 6.30. The first kappa shape index (κ1) is 14.5. The Morgan fingerprint density at radius 3 is 2.86 bits per heavy atom. The molecule has 0 atom stereocenters. The van der Waals surface area contributed by atoms with Crippen LogP contribution in [0.1, 0.15) is 43.2 Å². The summed E-state index contributed by atoms with van der Waals surface area (Å²) < 4.78 is 13.5. The molecule has 112 valence electrons. The summed E-state index contributed by atoms with van der Waals surface area (Å²) in [5, 5.41) is 12.8. The maximum absolute atomic E-state index is 13.5. The van der Waals surface area contributed by atoms with E-state index in [1.165, 1.54) is 44.2 Å². The van der Waals surface area contributed by atoms with Crippen molar-refractivity contribution in [3.8, 4) is 6.07 Å². The molecule has 0 radical (unpaired) electrons. The highest BCUT2D eigenvalue weighted by Gasteiger charge is 2.39. The number of nitriles is 1. The fourth-order valence-electron chi connectivity index (χ4n) is 3.84. The van der Waals surface area contributed by atoms with E-state index in [0.29, 0.717) is 12.1 Å². The number of nitrogens with zero attached hydrogens (tertiary/aromatic N) is 2. The SMILES string of the molecule is N#Cc1ccc(F)cc1CN1CCNCC12CCCCC2. The average Bonchev–Trinajstić information content (AvgIpc) is 2.51. The summed E-state index contributed by atoms with van der Waals surface area (Å²) in [4.78, 5) is 2.48. The van der Waals surface area contributed by atoms with Crippen molar-refractivity contribution in [3.63, 3.8) is 0 Å². The van der Waals surface area contributed by atoms with Gasteiger partial charge in [0.2, 0.25) is 0 Å². The van der Waals surface area contributed by atoms with Gasteiger partial charge in [-0.05, 0) is 36.6 Å². The highest BCUT2D eigenvalue weighted by Crippen LogP contribution is 2.35. The molecule has 1 aromatic carbocycles. The van der Waals surface area contributed by atoms with Gasteiger partial charge < -0.3 is 5.32 Å². The van der Waals surface area contributed by atoms with Gasteiger partial charge in [-0.25, -0.2) is 4.39 Å². The van der Waals surface area contributed by atoms with Gasteiger partial charge >= 0.3 is 0 Å². The van der Waals surface area contributed by atoms with Crippen molar-refractivity contribution in [1.29, 1.82) is 5.26 Å². The molecular weight excluding hydrogens is 265 g/mol. The van der Waals surface area contributed by atoms with Gasteiger partial charge in [-0.2, -0.15) is 5.26 Å². The molecule has 1 saturated heterocycles. The molecule has 1 N–H and O–H groups in total. The van der Waals surface area contributed by atoms with Crippen LogP contribution in [0.3, 0.4) is 0 Å². The van der Waals surface area contributed by atoms with Crippen molar-refractivity contribution >= 4 is 0 Å². The highest BCUT2D eigenvalue weighted by atomic mass is 19.1. The maximum Gasteiger partial charge on any atom is 0.123 e. The van der Waals surface area contributed by atoms with Crippen molar-refractivity contribution in [2.75, 3.05) is 19.6 Å². The summed E-state index contributed by atoms with van der Waals surface area (Å²) >= 11 is 0. The summed E-state index contributed by atoms with van der Waals surface area (Å²) in [6.45, 7) is 3.65. The topological polar surface area (TPSA) is 39.1 Å². The van der Waals surface area contributed by atoms with Crippen LogP contribution in [-0.4, -0.2) is 30.1 Å². The molecule has 0 unspecified atom stereocenters. The number of halogens is 1. The van der Waals surface area contributed by atoms with Gasteiger partial charge in [0.1, 0.15) is 5.82 Å². The van der Waals surface area contributed by atoms with Crippen molar-refractivity contribution < 1.29 is 4.39 Å². The number of nitrogens with one attached hydrogen (secondary N) is 1. The maximum atomic E-state index is 13.5. The van der Waals surface area contributed by atoms with Crippen molar-refractivity contribution in [2.45, 2.75) is 44.2 Å². The Bertz CT molecular complexity index is 535. The first-order chi connectivity index (χ1) is 10.2. The van der Waals surface area contributed by atoms with Gasteiger partial charge in [-0.3, -0.25) is 4.90 Å². The molecule has 1 spiro atoms. The van der Waals surface area contributed by atoms with Gasteiger partial charge in [0, 0.05) is 31.7 Å². The summed E-state index contributed by atoms with van der Waals surface area (Å²) in [5.74, 6) is -0.253. The van der Waals surface area contributed by atoms with Gasteiger partial charge in [0.15, 0.2) is 0 Å². The molecule has 1 heterocycles. The predicted molar refractivity (Wildman–Crippen MR) is 80.2 cm³/mol. The Hall–Kier alpha value is -1.44. The van der Waals surface area contributed by atoms with Crippen LogP contribution in [0, 0.1) is 17.1 Å². The van der Waals surface area contributed by atoms with Crippen LogP contribution >= 0.6 is 0 Å². The van der Waals surface area contributed by atoms with Crippen molar-refractivity contribution in [2.24, 2.45) is 0 Å². The third-order valence-corrected chi connectivity index (χ3v) is 5.02. The third-order valence-electron chi connectivity index (χ3n) is 5.02. The lowest BCUT2D eigenvalue weighted by Gasteiger charge is -2.50. The molecule has 21 heavy (non-hydrogen) atoms. The molecule has 2 fully saturated rings. The van der Waals surface area contributed by atoms with Crippen molar-refractivity contribution in [1.82, 2.24) is 10.2 Å². The van der Waals surface area contributed by atoms with E-state index in [4.69, 9.17) is 0 Å². The Morgan fingerprint density at radius 1 is 1.29 bits per heavy atom. The predicted octanol–water partition coefficient (Wildman–Crippen LogP) is 2.81. The smallest absolute Gasteiger partial charge is 0.123 e.